The zero-order chi connectivity index (χ0) is 82.7. The lowest BCUT2D eigenvalue weighted by Crippen LogP contribution is -2.11. The number of unbranched alkanes of at least 4 members (excludes halogenated alkanes) is 2. The third kappa shape index (κ3) is 32.0. The molecule has 0 fully saturated rings. The largest absolute Gasteiger partial charge is 0.393 e. The van der Waals surface area contributed by atoms with Gasteiger partial charge in [-0.3, -0.25) is 28.5 Å². The van der Waals surface area contributed by atoms with Gasteiger partial charge in [0.15, 0.2) is 7.37 Å². The SMILES string of the molecule is C.CCCc1ccc(-c2ccc(CCCCCP(=O)(O)O)nc2-c2ccccc2)cc1.CCc1ccc(-c2ccc(CCCC(O)CC(C)=O)nc2-c2ccccc2)cc1.CCc1ccc(-c2ccc(COCCCP(=O)(O)O)nc2-c2ccccc2)cc1.Cc1ccc(-c2ccc(COCCCP(C)(=O)O)nc2-c2ccccc2)cc1. The van der Waals surface area contributed by atoms with Gasteiger partial charge in [0.1, 0.15) is 5.78 Å². The van der Waals surface area contributed by atoms with Gasteiger partial charge < -0.3 is 39.0 Å². The summed E-state index contributed by atoms with van der Waals surface area (Å²) < 4.78 is 44.5. The molecule has 8 aromatic carbocycles. The van der Waals surface area contributed by atoms with Crippen LogP contribution in [-0.4, -0.2) is 99.8 Å². The van der Waals surface area contributed by atoms with Crippen molar-refractivity contribution in [1.82, 2.24) is 19.9 Å². The van der Waals surface area contributed by atoms with Crippen LogP contribution in [0.2, 0.25) is 0 Å². The Hall–Kier alpha value is -9.60. The maximum atomic E-state index is 11.3. The summed E-state index contributed by atoms with van der Waals surface area (Å²) in [6.07, 6.45) is 10.1. The van der Waals surface area contributed by atoms with Gasteiger partial charge in [-0.25, -0.2) is 9.97 Å². The van der Waals surface area contributed by atoms with Crippen molar-refractivity contribution in [3.05, 3.63) is 312 Å². The topological polar surface area (TPSA) is 260 Å². The Morgan fingerprint density at radius 1 is 0.368 bits per heavy atom. The Morgan fingerprint density at radius 3 is 1.03 bits per heavy atom. The quantitative estimate of drug-likeness (QED) is 0.0158. The number of hydrogen-bond acceptors (Lipinski definition) is 11. The summed E-state index contributed by atoms with van der Waals surface area (Å²) >= 11 is 0. The molecule has 2 atom stereocenters. The van der Waals surface area contributed by atoms with E-state index in [2.05, 4.69) is 198 Å². The molecule has 12 aromatic rings. The van der Waals surface area contributed by atoms with Crippen molar-refractivity contribution in [2.75, 3.05) is 38.4 Å². The maximum absolute atomic E-state index is 11.3. The fraction of sp³-hybridized carbons (Fsp3) is 0.296. The Balaban J connectivity index is 0.000000194. The number of carbonyl (C=O) groups excluding carboxylic acids is 1. The monoisotopic (exact) mass is 1630 g/mol. The van der Waals surface area contributed by atoms with Crippen LogP contribution in [0.15, 0.2) is 267 Å². The van der Waals surface area contributed by atoms with E-state index in [1.807, 2.05) is 97.1 Å². The van der Waals surface area contributed by atoms with Gasteiger partial charge in [-0.1, -0.05) is 289 Å². The summed E-state index contributed by atoms with van der Waals surface area (Å²) in [7, 11) is -10.8. The van der Waals surface area contributed by atoms with Crippen molar-refractivity contribution in [3.8, 4) is 89.5 Å². The highest BCUT2D eigenvalue weighted by Gasteiger charge is 2.19. The van der Waals surface area contributed by atoms with Gasteiger partial charge in [0, 0.05) is 94.5 Å². The molecule has 0 radical (unpaired) electrons. The van der Waals surface area contributed by atoms with Crippen LogP contribution in [-0.2, 0) is 73.3 Å². The summed E-state index contributed by atoms with van der Waals surface area (Å²) in [6, 6.07) is 91.6. The minimum atomic E-state index is -3.97. The summed E-state index contributed by atoms with van der Waals surface area (Å²) in [6.45, 7) is 12.9. The molecule has 4 heterocycles. The molecule has 0 spiro atoms. The van der Waals surface area contributed by atoms with Gasteiger partial charge in [0.25, 0.3) is 0 Å². The summed E-state index contributed by atoms with van der Waals surface area (Å²) in [5.74, 6) is 0.0282. The number of benzene rings is 8. The molecular weight excluding hydrogens is 1520 g/mol. The minimum Gasteiger partial charge on any atom is -0.393 e. The minimum absolute atomic E-state index is 0. The first-order chi connectivity index (χ1) is 55.9. The lowest BCUT2D eigenvalue weighted by molar-refractivity contribution is -0.118. The van der Waals surface area contributed by atoms with E-state index in [-0.39, 0.29) is 44.7 Å². The zero-order valence-electron chi connectivity index (χ0n) is 67.6. The van der Waals surface area contributed by atoms with E-state index in [1.54, 1.807) is 0 Å². The van der Waals surface area contributed by atoms with Crippen LogP contribution >= 0.6 is 22.6 Å². The number of ketones is 1. The van der Waals surface area contributed by atoms with E-state index in [1.165, 1.54) is 35.8 Å². The second kappa shape index (κ2) is 47.7. The molecule has 4 aromatic heterocycles. The van der Waals surface area contributed by atoms with E-state index >= 15 is 0 Å². The van der Waals surface area contributed by atoms with Gasteiger partial charge in [-0.15, -0.1) is 0 Å². The third-order valence-corrected chi connectivity index (χ3v) is 22.4. The molecule has 0 aliphatic carbocycles. The molecule has 0 amide bonds. The molecule has 0 aliphatic rings. The summed E-state index contributed by atoms with van der Waals surface area (Å²) in [5, 5.41) is 9.92. The first-order valence-corrected chi connectivity index (χ1v) is 46.1. The Bertz CT molecular complexity index is 5130. The predicted octanol–water partition coefficient (Wildman–Crippen LogP) is 23.1. The number of ether oxygens (including phenoxy) is 2. The lowest BCUT2D eigenvalue weighted by atomic mass is 9.97. The summed E-state index contributed by atoms with van der Waals surface area (Å²) in [5.41, 5.74) is 25.9. The molecule has 6 N–H and O–H groups in total. The molecule has 2 unspecified atom stereocenters. The number of carbonyl (C=O) groups is 1. The molecule has 16 nitrogen and oxygen atoms in total. The number of aromatic nitrogens is 4. The fourth-order valence-electron chi connectivity index (χ4n) is 13.3. The third-order valence-electron chi connectivity index (χ3n) is 19.5. The van der Waals surface area contributed by atoms with Crippen molar-refractivity contribution in [2.24, 2.45) is 0 Å². The molecule has 0 bridgehead atoms. The number of nitrogens with zero attached hydrogens (tertiary/aromatic N) is 4. The van der Waals surface area contributed by atoms with Crippen LogP contribution in [0.1, 0.15) is 138 Å². The summed E-state index contributed by atoms with van der Waals surface area (Å²) in [4.78, 5) is 75.9. The number of rotatable bonds is 36. The number of aliphatic hydroxyl groups is 1. The molecule has 19 heteroatoms. The van der Waals surface area contributed by atoms with Gasteiger partial charge in [0.2, 0.25) is 0 Å². The van der Waals surface area contributed by atoms with E-state index in [0.29, 0.717) is 45.5 Å². The molecule has 117 heavy (non-hydrogen) atoms. The molecule has 0 saturated carbocycles. The van der Waals surface area contributed by atoms with Crippen molar-refractivity contribution in [1.29, 1.82) is 0 Å². The average molecular weight is 1630 g/mol. The van der Waals surface area contributed by atoms with Crippen LogP contribution in [0.5, 0.6) is 0 Å². The maximum Gasteiger partial charge on any atom is 0.325 e. The molecule has 0 saturated heterocycles. The fourth-order valence-corrected chi connectivity index (χ4v) is 15.2. The first-order valence-electron chi connectivity index (χ1n) is 40.2. The van der Waals surface area contributed by atoms with Gasteiger partial charge in [-0.2, -0.15) is 0 Å². The van der Waals surface area contributed by atoms with E-state index in [0.717, 1.165) is 170 Å². The van der Waals surface area contributed by atoms with Crippen LogP contribution in [0, 0.1) is 6.92 Å². The average Bonchev–Trinajstić information content (AvgIpc) is 0.824. The highest BCUT2D eigenvalue weighted by Crippen LogP contribution is 2.40. The molecule has 614 valence electrons. The lowest BCUT2D eigenvalue weighted by Gasteiger charge is -2.13. The highest BCUT2D eigenvalue weighted by atomic mass is 31.2. The van der Waals surface area contributed by atoms with Crippen LogP contribution in [0.4, 0.5) is 0 Å². The Labute approximate surface area is 692 Å². The smallest absolute Gasteiger partial charge is 0.325 e. The standard InChI is InChI=1S/C26H29NO2.C25H30NO3P.C23H26NO4P.C23H26NO3P.CH4/c1-3-20-12-14-21(15-13-20)25-17-16-23(10-7-11-24(29)18-19(2)28)27-26(25)22-8-5-4-6-9-22;1-2-9-20-13-15-21(16-14-20)24-18-17-23(12-7-4-8-19-30(27,28)29)26-25(24)22-10-5-3-6-11-22;1-2-18-9-11-19(12-10-18)22-14-13-21(17-28-15-6-16-29(25,26)27)24-23(22)20-7-4-3-5-8-20;1-18-9-11-19(12-10-18)22-14-13-21(17-27-15-6-16-28(2,25)26)24-23(22)20-7-4-3-5-8-20;/h4-6,8-9,12-17,24,29H,3,7,10-11,18H2,1-2H3;3,5-6,10-11,13-18H,2,4,7-9,12,19H2,1H3,(H2,27,28,29);3-5,7-14H,2,6,15-17H2,1H3,(H2,25,26,27);3-5,7-14H,6,15-17H2,1-2H3,(H,25,26);1H4. The normalized spacial score (nSPS) is 12.0. The Morgan fingerprint density at radius 2 is 0.692 bits per heavy atom. The van der Waals surface area contributed by atoms with Crippen molar-refractivity contribution in [2.45, 2.75) is 151 Å². The van der Waals surface area contributed by atoms with E-state index < -0.39 is 28.7 Å². The number of Topliss-reactive ketones (excluding diaryl/α,β-unsaturated/α-hetero) is 1. The van der Waals surface area contributed by atoms with Crippen molar-refractivity contribution in [3.63, 3.8) is 0 Å². The number of hydrogen-bond donors (Lipinski definition) is 6. The van der Waals surface area contributed by atoms with E-state index in [4.69, 9.17) is 49.0 Å². The van der Waals surface area contributed by atoms with E-state index in [9.17, 15) is 28.5 Å². The van der Waals surface area contributed by atoms with Gasteiger partial charge >= 0.3 is 15.2 Å². The van der Waals surface area contributed by atoms with Crippen molar-refractivity contribution < 1.29 is 57.5 Å². The molecular formula is C98H115N4O12P3. The Kier molecular flexibility index (Phi) is 37.9. The number of pyridine rings is 4. The highest BCUT2D eigenvalue weighted by molar-refractivity contribution is 7.57. The zero-order valence-corrected chi connectivity index (χ0v) is 70.3. The number of aliphatic hydroxyl groups excluding tert-OH is 1. The van der Waals surface area contributed by atoms with Crippen LogP contribution < -0.4 is 0 Å². The van der Waals surface area contributed by atoms with Crippen LogP contribution in [0.3, 0.4) is 0 Å². The predicted molar refractivity (Wildman–Crippen MR) is 479 cm³/mol. The second-order valence-corrected chi connectivity index (χ2v) is 35.4. The van der Waals surface area contributed by atoms with Crippen LogP contribution in [0.25, 0.3) is 89.5 Å². The van der Waals surface area contributed by atoms with Crippen molar-refractivity contribution >= 4 is 28.3 Å². The second-order valence-electron chi connectivity index (χ2n) is 29.3. The number of aryl methyl sites for hydroxylation is 6. The molecule has 0 aliphatic heterocycles. The first kappa shape index (κ1) is 92.9. The van der Waals surface area contributed by atoms with Gasteiger partial charge in [0.05, 0.1) is 59.6 Å². The van der Waals surface area contributed by atoms with Gasteiger partial charge in [-0.05, 0) is 148 Å². The molecule has 12 rings (SSSR count).